The number of amides is 1. The highest BCUT2D eigenvalue weighted by Gasteiger charge is 2.15. The summed E-state index contributed by atoms with van der Waals surface area (Å²) >= 11 is 5.88. The summed E-state index contributed by atoms with van der Waals surface area (Å²) in [5.41, 5.74) is 2.44. The number of rotatable bonds is 5. The number of hydrogen-bond acceptors (Lipinski definition) is 2. The number of nitrogens with zero attached hydrogens (tertiary/aromatic N) is 2. The van der Waals surface area contributed by atoms with Crippen molar-refractivity contribution in [2.45, 2.75) is 6.54 Å². The number of halogens is 1. The van der Waals surface area contributed by atoms with Crippen molar-refractivity contribution < 1.29 is 9.69 Å². The molecular formula is C18H20ClN4O+. The second kappa shape index (κ2) is 7.03. The Morgan fingerprint density at radius 1 is 1.17 bits per heavy atom. The monoisotopic (exact) mass is 343 g/mol. The molecule has 3 aromatic rings. The van der Waals surface area contributed by atoms with Crippen LogP contribution in [0.5, 0.6) is 0 Å². The molecule has 0 spiro atoms. The highest BCUT2D eigenvalue weighted by atomic mass is 35.5. The summed E-state index contributed by atoms with van der Waals surface area (Å²) in [6.07, 6.45) is 0. The van der Waals surface area contributed by atoms with E-state index < -0.39 is 0 Å². The maximum Gasteiger partial charge on any atom is 0.257 e. The molecule has 124 valence electrons. The van der Waals surface area contributed by atoms with Gasteiger partial charge in [-0.3, -0.25) is 10.1 Å². The molecule has 0 radical (unpaired) electrons. The normalized spacial score (nSPS) is 11.2. The number of aromatic nitrogens is 2. The summed E-state index contributed by atoms with van der Waals surface area (Å²) < 4.78 is 2.05. The van der Waals surface area contributed by atoms with Gasteiger partial charge in [0.1, 0.15) is 0 Å². The number of para-hydroxylation sites is 2. The van der Waals surface area contributed by atoms with E-state index in [1.807, 2.05) is 24.3 Å². The minimum Gasteiger partial charge on any atom is -0.338 e. The van der Waals surface area contributed by atoms with Crippen molar-refractivity contribution in [3.63, 3.8) is 0 Å². The van der Waals surface area contributed by atoms with E-state index in [4.69, 9.17) is 11.6 Å². The van der Waals surface area contributed by atoms with E-state index in [0.29, 0.717) is 16.5 Å². The zero-order valence-electron chi connectivity index (χ0n) is 13.7. The number of fused-ring (bicyclic) bond motifs is 1. The molecule has 0 fully saturated rings. The molecule has 1 heterocycles. The quantitative estimate of drug-likeness (QED) is 0.745. The maximum absolute atomic E-state index is 12.5. The lowest BCUT2D eigenvalue weighted by molar-refractivity contribution is -0.858. The zero-order chi connectivity index (χ0) is 17.1. The SMILES string of the molecule is C[NH+](C)CCn1c(NC(=O)c2ccc(Cl)cc2)nc2ccccc21. The maximum atomic E-state index is 12.5. The molecule has 2 N–H and O–H groups in total. The van der Waals surface area contributed by atoms with Gasteiger partial charge in [0.05, 0.1) is 38.2 Å². The number of imidazole rings is 1. The minimum absolute atomic E-state index is 0.194. The lowest BCUT2D eigenvalue weighted by Gasteiger charge is -2.12. The fourth-order valence-corrected chi connectivity index (χ4v) is 2.63. The van der Waals surface area contributed by atoms with Gasteiger partial charge in [-0.1, -0.05) is 23.7 Å². The van der Waals surface area contributed by atoms with E-state index in [-0.39, 0.29) is 5.91 Å². The Morgan fingerprint density at radius 3 is 2.58 bits per heavy atom. The molecule has 6 heteroatoms. The fourth-order valence-electron chi connectivity index (χ4n) is 2.51. The first-order valence-electron chi connectivity index (χ1n) is 7.86. The smallest absolute Gasteiger partial charge is 0.257 e. The van der Waals surface area contributed by atoms with E-state index in [2.05, 4.69) is 29.0 Å². The minimum atomic E-state index is -0.194. The van der Waals surface area contributed by atoms with Gasteiger partial charge in [0.25, 0.3) is 5.91 Å². The van der Waals surface area contributed by atoms with Crippen LogP contribution in [0, 0.1) is 0 Å². The van der Waals surface area contributed by atoms with Crippen molar-refractivity contribution in [1.82, 2.24) is 9.55 Å². The summed E-state index contributed by atoms with van der Waals surface area (Å²) in [4.78, 5) is 18.4. The Labute approximate surface area is 145 Å². The van der Waals surface area contributed by atoms with E-state index >= 15 is 0 Å². The van der Waals surface area contributed by atoms with E-state index in [1.54, 1.807) is 24.3 Å². The summed E-state index contributed by atoms with van der Waals surface area (Å²) in [5.74, 6) is 0.373. The molecular weight excluding hydrogens is 324 g/mol. The average molecular weight is 344 g/mol. The van der Waals surface area contributed by atoms with Gasteiger partial charge in [0.2, 0.25) is 5.95 Å². The van der Waals surface area contributed by atoms with E-state index in [0.717, 1.165) is 24.1 Å². The summed E-state index contributed by atoms with van der Waals surface area (Å²) in [6, 6.07) is 14.7. The second-order valence-corrected chi connectivity index (χ2v) is 6.43. The Hall–Kier alpha value is -2.37. The van der Waals surface area contributed by atoms with Crippen LogP contribution in [0.25, 0.3) is 11.0 Å². The largest absolute Gasteiger partial charge is 0.338 e. The number of carbonyl (C=O) groups is 1. The molecule has 1 amide bonds. The molecule has 1 aromatic heterocycles. The van der Waals surface area contributed by atoms with Crippen molar-refractivity contribution in [3.05, 3.63) is 59.1 Å². The predicted octanol–water partition coefficient (Wildman–Crippen LogP) is 2.09. The molecule has 0 unspecified atom stereocenters. The van der Waals surface area contributed by atoms with Crippen LogP contribution in [-0.4, -0.2) is 36.1 Å². The third-order valence-electron chi connectivity index (χ3n) is 3.82. The van der Waals surface area contributed by atoms with Gasteiger partial charge in [-0.05, 0) is 36.4 Å². The van der Waals surface area contributed by atoms with Crippen LogP contribution in [0.2, 0.25) is 5.02 Å². The molecule has 3 rings (SSSR count). The van der Waals surface area contributed by atoms with Crippen molar-refractivity contribution >= 4 is 34.5 Å². The first-order valence-corrected chi connectivity index (χ1v) is 8.23. The highest BCUT2D eigenvalue weighted by molar-refractivity contribution is 6.30. The van der Waals surface area contributed by atoms with Crippen molar-refractivity contribution in [3.8, 4) is 0 Å². The van der Waals surface area contributed by atoms with Gasteiger partial charge < -0.3 is 9.47 Å². The number of likely N-dealkylation sites (N-methyl/N-ethyl adjacent to an activating group) is 1. The van der Waals surface area contributed by atoms with Crippen molar-refractivity contribution in [2.24, 2.45) is 0 Å². The molecule has 2 aromatic carbocycles. The molecule has 0 aliphatic rings. The van der Waals surface area contributed by atoms with Gasteiger partial charge in [-0.2, -0.15) is 0 Å². The standard InChI is InChI=1S/C18H19ClN4O/c1-22(2)11-12-23-16-6-4-3-5-15(16)20-18(23)21-17(24)13-7-9-14(19)10-8-13/h3-10H,11-12H2,1-2H3,(H,20,21,24)/p+1. The van der Waals surface area contributed by atoms with Gasteiger partial charge in [0, 0.05) is 10.6 Å². The Kier molecular flexibility index (Phi) is 4.83. The number of hydrogen-bond donors (Lipinski definition) is 2. The summed E-state index contributed by atoms with van der Waals surface area (Å²) in [5, 5.41) is 3.52. The Morgan fingerprint density at radius 2 is 1.88 bits per heavy atom. The van der Waals surface area contributed by atoms with E-state index in [9.17, 15) is 4.79 Å². The summed E-state index contributed by atoms with van der Waals surface area (Å²) in [7, 11) is 4.20. The average Bonchev–Trinajstić information content (AvgIpc) is 2.90. The number of carbonyl (C=O) groups excluding carboxylic acids is 1. The van der Waals surface area contributed by atoms with Crippen LogP contribution in [-0.2, 0) is 6.54 Å². The Balaban J connectivity index is 1.91. The lowest BCUT2D eigenvalue weighted by Crippen LogP contribution is -3.06. The molecule has 0 aliphatic heterocycles. The van der Waals surface area contributed by atoms with Gasteiger partial charge in [-0.25, -0.2) is 4.98 Å². The molecule has 0 bridgehead atoms. The highest BCUT2D eigenvalue weighted by Crippen LogP contribution is 2.20. The number of nitrogens with one attached hydrogen (secondary N) is 2. The molecule has 5 nitrogen and oxygen atoms in total. The molecule has 0 saturated carbocycles. The summed E-state index contributed by atoms with van der Waals surface area (Å²) in [6.45, 7) is 1.71. The second-order valence-electron chi connectivity index (χ2n) is 5.99. The number of quaternary nitrogens is 1. The van der Waals surface area contributed by atoms with Crippen LogP contribution in [0.1, 0.15) is 10.4 Å². The zero-order valence-corrected chi connectivity index (χ0v) is 14.5. The topological polar surface area (TPSA) is 51.4 Å². The van der Waals surface area contributed by atoms with Crippen LogP contribution in [0.4, 0.5) is 5.95 Å². The number of benzene rings is 2. The van der Waals surface area contributed by atoms with Crippen molar-refractivity contribution in [2.75, 3.05) is 26.0 Å². The molecule has 0 saturated heterocycles. The fraction of sp³-hybridized carbons (Fsp3) is 0.222. The third-order valence-corrected chi connectivity index (χ3v) is 4.07. The van der Waals surface area contributed by atoms with Gasteiger partial charge >= 0.3 is 0 Å². The van der Waals surface area contributed by atoms with Gasteiger partial charge in [0.15, 0.2) is 0 Å². The van der Waals surface area contributed by atoms with Crippen LogP contribution in [0.15, 0.2) is 48.5 Å². The Bertz CT molecular complexity index is 855. The van der Waals surface area contributed by atoms with Crippen LogP contribution >= 0.6 is 11.6 Å². The lowest BCUT2D eigenvalue weighted by atomic mass is 10.2. The van der Waals surface area contributed by atoms with Crippen LogP contribution < -0.4 is 10.2 Å². The molecule has 0 atom stereocenters. The van der Waals surface area contributed by atoms with E-state index in [1.165, 1.54) is 4.90 Å². The third kappa shape index (κ3) is 3.58. The molecule has 0 aliphatic carbocycles. The predicted molar refractivity (Wildman–Crippen MR) is 96.8 cm³/mol. The van der Waals surface area contributed by atoms with Crippen molar-refractivity contribution in [1.29, 1.82) is 0 Å². The molecule has 24 heavy (non-hydrogen) atoms. The van der Waals surface area contributed by atoms with Gasteiger partial charge in [-0.15, -0.1) is 0 Å². The number of anilines is 1. The first kappa shape index (κ1) is 16.5. The van der Waals surface area contributed by atoms with Crippen LogP contribution in [0.3, 0.4) is 0 Å². The first-order chi connectivity index (χ1) is 11.5.